The van der Waals surface area contributed by atoms with Crippen molar-refractivity contribution in [3.8, 4) is 5.75 Å². The van der Waals surface area contributed by atoms with E-state index in [-0.39, 0.29) is 23.6 Å². The van der Waals surface area contributed by atoms with Crippen LogP contribution in [0.5, 0.6) is 5.75 Å². The van der Waals surface area contributed by atoms with E-state index < -0.39 is 6.04 Å². The largest absolute Gasteiger partial charge is 0.496 e. The lowest BCUT2D eigenvalue weighted by Crippen LogP contribution is -2.54. The molecule has 0 spiro atoms. The van der Waals surface area contributed by atoms with Crippen molar-refractivity contribution in [2.24, 2.45) is 5.92 Å². The molecule has 1 saturated heterocycles. The van der Waals surface area contributed by atoms with E-state index in [9.17, 15) is 14.4 Å². The molecule has 0 saturated carbocycles. The molecule has 1 atom stereocenters. The van der Waals surface area contributed by atoms with E-state index in [2.05, 4.69) is 10.6 Å². The van der Waals surface area contributed by atoms with Crippen molar-refractivity contribution in [1.82, 2.24) is 15.5 Å². The van der Waals surface area contributed by atoms with E-state index in [4.69, 9.17) is 9.47 Å². The van der Waals surface area contributed by atoms with E-state index in [0.29, 0.717) is 56.0 Å². The van der Waals surface area contributed by atoms with Crippen LogP contribution in [-0.2, 0) is 9.53 Å². The van der Waals surface area contributed by atoms with Gasteiger partial charge in [0.2, 0.25) is 5.91 Å². The van der Waals surface area contributed by atoms with Crippen LogP contribution in [0.3, 0.4) is 0 Å². The van der Waals surface area contributed by atoms with Crippen molar-refractivity contribution in [3.05, 3.63) is 65.7 Å². The van der Waals surface area contributed by atoms with Crippen molar-refractivity contribution in [2.45, 2.75) is 18.9 Å². The van der Waals surface area contributed by atoms with Gasteiger partial charge in [-0.1, -0.05) is 30.3 Å². The molecule has 1 fully saturated rings. The van der Waals surface area contributed by atoms with E-state index in [0.717, 1.165) is 0 Å². The van der Waals surface area contributed by atoms with E-state index in [1.807, 2.05) is 18.2 Å². The number of para-hydroxylation sites is 1. The monoisotopic (exact) mass is 453 g/mol. The molecule has 176 valence electrons. The topological polar surface area (TPSA) is 97.0 Å². The van der Waals surface area contributed by atoms with Crippen molar-refractivity contribution >= 4 is 17.7 Å². The summed E-state index contributed by atoms with van der Waals surface area (Å²) in [6, 6.07) is 15.3. The van der Waals surface area contributed by atoms with Gasteiger partial charge in [-0.2, -0.15) is 0 Å². The number of likely N-dealkylation sites (tertiary alicyclic amines) is 1. The first kappa shape index (κ1) is 24.3. The molecule has 0 aromatic heterocycles. The second-order valence-corrected chi connectivity index (χ2v) is 7.93. The van der Waals surface area contributed by atoms with Crippen LogP contribution in [0, 0.1) is 5.92 Å². The Morgan fingerprint density at radius 3 is 2.33 bits per heavy atom. The number of hydrogen-bond donors (Lipinski definition) is 2. The van der Waals surface area contributed by atoms with Gasteiger partial charge >= 0.3 is 0 Å². The normalized spacial score (nSPS) is 14.9. The average molecular weight is 454 g/mol. The molecule has 2 aromatic rings. The quantitative estimate of drug-likeness (QED) is 0.567. The molecule has 1 aliphatic rings. The number of rotatable bonds is 9. The van der Waals surface area contributed by atoms with Crippen LogP contribution >= 0.6 is 0 Å². The van der Waals surface area contributed by atoms with Gasteiger partial charge in [0.05, 0.1) is 19.3 Å². The number of carbonyl (C=O) groups excluding carboxylic acids is 3. The number of piperidine rings is 1. The highest BCUT2D eigenvalue weighted by Crippen LogP contribution is 2.25. The number of hydrogen-bond acceptors (Lipinski definition) is 5. The lowest BCUT2D eigenvalue weighted by molar-refractivity contribution is -0.124. The fourth-order valence-corrected chi connectivity index (χ4v) is 4.03. The second kappa shape index (κ2) is 12.0. The summed E-state index contributed by atoms with van der Waals surface area (Å²) in [6.07, 6.45) is 1.19. The summed E-state index contributed by atoms with van der Waals surface area (Å²) >= 11 is 0. The van der Waals surface area contributed by atoms with Gasteiger partial charge in [0, 0.05) is 32.3 Å². The Balaban J connectivity index is 1.68. The molecule has 33 heavy (non-hydrogen) atoms. The third-order valence-electron chi connectivity index (χ3n) is 5.85. The molecular formula is C25H31N3O5. The molecule has 0 radical (unpaired) electrons. The zero-order chi connectivity index (χ0) is 23.6. The molecule has 8 nitrogen and oxygen atoms in total. The Kier molecular flexibility index (Phi) is 8.83. The molecule has 3 rings (SSSR count). The first-order valence-electron chi connectivity index (χ1n) is 11.1. The van der Waals surface area contributed by atoms with Gasteiger partial charge in [0.25, 0.3) is 11.8 Å². The third kappa shape index (κ3) is 6.32. The molecule has 0 bridgehead atoms. The zero-order valence-corrected chi connectivity index (χ0v) is 19.1. The van der Waals surface area contributed by atoms with Crippen LogP contribution in [0.15, 0.2) is 54.6 Å². The molecule has 2 N–H and O–H groups in total. The van der Waals surface area contributed by atoms with Crippen LogP contribution in [-0.4, -0.2) is 69.1 Å². The van der Waals surface area contributed by atoms with Crippen LogP contribution in [0.25, 0.3) is 0 Å². The zero-order valence-electron chi connectivity index (χ0n) is 19.1. The van der Waals surface area contributed by atoms with Crippen LogP contribution in [0.4, 0.5) is 0 Å². The molecular weight excluding hydrogens is 422 g/mol. The first-order chi connectivity index (χ1) is 16.0. The van der Waals surface area contributed by atoms with Gasteiger partial charge in [-0.15, -0.1) is 0 Å². The number of nitrogens with zero attached hydrogens (tertiary/aromatic N) is 1. The maximum Gasteiger partial charge on any atom is 0.257 e. The maximum atomic E-state index is 13.0. The van der Waals surface area contributed by atoms with Crippen molar-refractivity contribution in [1.29, 1.82) is 0 Å². The van der Waals surface area contributed by atoms with Gasteiger partial charge in [-0.05, 0) is 43.0 Å². The summed E-state index contributed by atoms with van der Waals surface area (Å²) < 4.78 is 10.3. The minimum Gasteiger partial charge on any atom is -0.496 e. The standard InChI is InChI=1S/C25H31N3O5/c1-32-17-14-26-24(30)22(27-23(29)19-8-4-3-5-9-19)18-12-15-28(16-13-18)25(31)20-10-6-7-11-21(20)33-2/h3-11,18,22H,12-17H2,1-2H3,(H,26,30)(H,27,29)/t22-/m0/s1. The summed E-state index contributed by atoms with van der Waals surface area (Å²) in [5.74, 6) is -0.196. The summed E-state index contributed by atoms with van der Waals surface area (Å²) in [5, 5.41) is 5.75. The van der Waals surface area contributed by atoms with Crippen molar-refractivity contribution in [2.75, 3.05) is 40.5 Å². The Morgan fingerprint density at radius 2 is 1.67 bits per heavy atom. The summed E-state index contributed by atoms with van der Waals surface area (Å²) in [4.78, 5) is 40.5. The Morgan fingerprint density at radius 1 is 1.00 bits per heavy atom. The number of ether oxygens (including phenoxy) is 2. The molecule has 2 aromatic carbocycles. The highest BCUT2D eigenvalue weighted by atomic mass is 16.5. The Bertz CT molecular complexity index is 942. The van der Waals surface area contributed by atoms with E-state index in [1.165, 1.54) is 0 Å². The van der Waals surface area contributed by atoms with Gasteiger partial charge in [-0.3, -0.25) is 14.4 Å². The fraction of sp³-hybridized carbons (Fsp3) is 0.400. The van der Waals surface area contributed by atoms with Gasteiger partial charge in [-0.25, -0.2) is 0 Å². The maximum absolute atomic E-state index is 13.0. The molecule has 1 aliphatic heterocycles. The SMILES string of the molecule is COCCNC(=O)[C@@H](NC(=O)c1ccccc1)C1CCN(C(=O)c2ccccc2OC)CC1. The predicted octanol–water partition coefficient (Wildman–Crippen LogP) is 2.11. The van der Waals surface area contributed by atoms with Crippen molar-refractivity contribution in [3.63, 3.8) is 0 Å². The number of carbonyl (C=O) groups is 3. The minimum absolute atomic E-state index is 0.0954. The third-order valence-corrected chi connectivity index (χ3v) is 5.85. The number of nitrogens with one attached hydrogen (secondary N) is 2. The molecule has 0 unspecified atom stereocenters. The van der Waals surface area contributed by atoms with Crippen LogP contribution < -0.4 is 15.4 Å². The highest BCUT2D eigenvalue weighted by Gasteiger charge is 2.34. The van der Waals surface area contributed by atoms with Crippen LogP contribution in [0.1, 0.15) is 33.6 Å². The Labute approximate surface area is 194 Å². The second-order valence-electron chi connectivity index (χ2n) is 7.93. The first-order valence-corrected chi connectivity index (χ1v) is 11.1. The lowest BCUT2D eigenvalue weighted by atomic mass is 9.88. The lowest BCUT2D eigenvalue weighted by Gasteiger charge is -2.36. The molecule has 3 amide bonds. The minimum atomic E-state index is -0.696. The van der Waals surface area contributed by atoms with E-state index in [1.54, 1.807) is 55.5 Å². The van der Waals surface area contributed by atoms with Gasteiger partial charge < -0.3 is 25.0 Å². The Hall–Kier alpha value is -3.39. The number of methoxy groups -OCH3 is 2. The predicted molar refractivity (Wildman–Crippen MR) is 124 cm³/mol. The molecule has 0 aliphatic carbocycles. The average Bonchev–Trinajstić information content (AvgIpc) is 2.87. The van der Waals surface area contributed by atoms with Crippen molar-refractivity contribution < 1.29 is 23.9 Å². The number of benzene rings is 2. The molecule has 8 heteroatoms. The van der Waals surface area contributed by atoms with Gasteiger partial charge in [0.1, 0.15) is 11.8 Å². The van der Waals surface area contributed by atoms with Gasteiger partial charge in [0.15, 0.2) is 0 Å². The summed E-state index contributed by atoms with van der Waals surface area (Å²) in [7, 11) is 3.11. The fourth-order valence-electron chi connectivity index (χ4n) is 4.03. The summed E-state index contributed by atoms with van der Waals surface area (Å²) in [5.41, 5.74) is 1.01. The number of amides is 3. The highest BCUT2D eigenvalue weighted by molar-refractivity contribution is 5.98. The summed E-state index contributed by atoms with van der Waals surface area (Å²) in [6.45, 7) is 1.73. The van der Waals surface area contributed by atoms with Crippen LogP contribution in [0.2, 0.25) is 0 Å². The molecule has 1 heterocycles. The smallest absolute Gasteiger partial charge is 0.257 e. The van der Waals surface area contributed by atoms with E-state index >= 15 is 0 Å².